The zero-order chi connectivity index (χ0) is 21.8. The molecule has 164 valence electrons. The summed E-state index contributed by atoms with van der Waals surface area (Å²) in [6.45, 7) is 2.34. The van der Waals surface area contributed by atoms with Gasteiger partial charge in [-0.15, -0.1) is 0 Å². The Hall–Kier alpha value is -2.88. The van der Waals surface area contributed by atoms with Crippen LogP contribution in [0.2, 0.25) is 0 Å². The van der Waals surface area contributed by atoms with Gasteiger partial charge in [0, 0.05) is 42.9 Å². The van der Waals surface area contributed by atoms with Crippen LogP contribution in [0.4, 0.5) is 13.2 Å². The average Bonchev–Trinajstić information content (AvgIpc) is 3.33. The van der Waals surface area contributed by atoms with Crippen molar-refractivity contribution in [3.63, 3.8) is 0 Å². The number of carbonyl (C=O) groups is 1. The SMILES string of the molecule is CN1CCn2ncc(-c3cc(F)c4n[nH]c(C(=O)NC5CCC(F)(F)CC5)c4c3)c2C1. The number of hydrogen-bond donors (Lipinski definition) is 2. The molecular weight excluding hydrogens is 409 g/mol. The lowest BCUT2D eigenvalue weighted by molar-refractivity contribution is -0.0399. The number of rotatable bonds is 3. The van der Waals surface area contributed by atoms with Crippen molar-refractivity contribution in [3.05, 3.63) is 35.5 Å². The third-order valence-corrected chi connectivity index (χ3v) is 6.26. The first-order chi connectivity index (χ1) is 14.8. The zero-order valence-corrected chi connectivity index (χ0v) is 17.1. The molecule has 2 aliphatic rings. The molecule has 7 nitrogen and oxygen atoms in total. The summed E-state index contributed by atoms with van der Waals surface area (Å²) in [7, 11) is 2.02. The van der Waals surface area contributed by atoms with E-state index in [-0.39, 0.29) is 42.9 Å². The predicted molar refractivity (Wildman–Crippen MR) is 108 cm³/mol. The van der Waals surface area contributed by atoms with E-state index in [1.54, 1.807) is 12.3 Å². The van der Waals surface area contributed by atoms with Crippen molar-refractivity contribution in [3.8, 4) is 11.1 Å². The highest BCUT2D eigenvalue weighted by molar-refractivity contribution is 6.06. The van der Waals surface area contributed by atoms with Crippen LogP contribution in [0.25, 0.3) is 22.0 Å². The van der Waals surface area contributed by atoms with E-state index in [0.717, 1.165) is 24.3 Å². The molecule has 0 saturated heterocycles. The molecule has 2 aromatic heterocycles. The van der Waals surface area contributed by atoms with Crippen molar-refractivity contribution in [1.29, 1.82) is 0 Å². The molecule has 0 unspecified atom stereocenters. The molecule has 1 saturated carbocycles. The number of benzene rings is 1. The maximum Gasteiger partial charge on any atom is 0.270 e. The van der Waals surface area contributed by atoms with Crippen LogP contribution in [0.5, 0.6) is 0 Å². The maximum atomic E-state index is 14.8. The van der Waals surface area contributed by atoms with Gasteiger partial charge in [0.05, 0.1) is 18.4 Å². The van der Waals surface area contributed by atoms with Crippen molar-refractivity contribution < 1.29 is 18.0 Å². The molecular formula is C21H23F3N6O. The lowest BCUT2D eigenvalue weighted by Gasteiger charge is -2.28. The number of likely N-dealkylation sites (N-methyl/N-ethyl adjacent to an activating group) is 1. The first-order valence-electron chi connectivity index (χ1n) is 10.4. The second-order valence-electron chi connectivity index (χ2n) is 8.52. The van der Waals surface area contributed by atoms with Gasteiger partial charge in [0.1, 0.15) is 11.2 Å². The highest BCUT2D eigenvalue weighted by Gasteiger charge is 2.35. The Morgan fingerprint density at radius 2 is 2.03 bits per heavy atom. The molecule has 1 fully saturated rings. The minimum Gasteiger partial charge on any atom is -0.348 e. The molecule has 0 radical (unpaired) electrons. The Bertz CT molecular complexity index is 1140. The Balaban J connectivity index is 1.46. The molecule has 3 heterocycles. The van der Waals surface area contributed by atoms with Crippen LogP contribution in [-0.2, 0) is 13.1 Å². The summed E-state index contributed by atoms with van der Waals surface area (Å²) in [6, 6.07) is 2.80. The summed E-state index contributed by atoms with van der Waals surface area (Å²) < 4.78 is 43.5. The third-order valence-electron chi connectivity index (χ3n) is 6.26. The number of amides is 1. The van der Waals surface area contributed by atoms with Crippen LogP contribution in [0.1, 0.15) is 41.9 Å². The van der Waals surface area contributed by atoms with Crippen molar-refractivity contribution in [1.82, 2.24) is 30.2 Å². The monoisotopic (exact) mass is 432 g/mol. The Kier molecular flexibility index (Phi) is 4.76. The average molecular weight is 432 g/mol. The fraction of sp³-hybridized carbons (Fsp3) is 0.476. The number of carbonyl (C=O) groups excluding carboxylic acids is 1. The van der Waals surface area contributed by atoms with Gasteiger partial charge in [-0.3, -0.25) is 19.5 Å². The summed E-state index contributed by atoms with van der Waals surface area (Å²) in [4.78, 5) is 15.0. The van der Waals surface area contributed by atoms with Gasteiger partial charge in [0.25, 0.3) is 5.91 Å². The largest absolute Gasteiger partial charge is 0.348 e. The maximum absolute atomic E-state index is 14.8. The molecule has 3 aromatic rings. The van der Waals surface area contributed by atoms with E-state index in [1.807, 2.05) is 11.7 Å². The van der Waals surface area contributed by atoms with Gasteiger partial charge < -0.3 is 5.32 Å². The lowest BCUT2D eigenvalue weighted by Crippen LogP contribution is -2.40. The van der Waals surface area contributed by atoms with Gasteiger partial charge >= 0.3 is 0 Å². The lowest BCUT2D eigenvalue weighted by atomic mass is 9.92. The quantitative estimate of drug-likeness (QED) is 0.666. The first-order valence-corrected chi connectivity index (χ1v) is 10.4. The molecule has 1 aromatic carbocycles. The number of H-pyrrole nitrogens is 1. The van der Waals surface area contributed by atoms with E-state index in [9.17, 15) is 18.0 Å². The standard InChI is InChI=1S/C21H23F3N6O/c1-29-6-7-30-17(11-29)15(10-25-30)12-8-14-18(16(22)9-12)27-28-19(14)20(31)26-13-2-4-21(23,24)5-3-13/h8-10,13H,2-7,11H2,1H3,(H,26,31)(H,27,28). The summed E-state index contributed by atoms with van der Waals surface area (Å²) in [5, 5.41) is 14.2. The highest BCUT2D eigenvalue weighted by atomic mass is 19.3. The molecule has 1 aliphatic heterocycles. The van der Waals surface area contributed by atoms with Crippen molar-refractivity contribution in [2.45, 2.75) is 50.7 Å². The van der Waals surface area contributed by atoms with Crippen molar-refractivity contribution in [2.75, 3.05) is 13.6 Å². The summed E-state index contributed by atoms with van der Waals surface area (Å²) in [5.74, 6) is -3.67. The van der Waals surface area contributed by atoms with E-state index < -0.39 is 17.6 Å². The van der Waals surface area contributed by atoms with E-state index >= 15 is 0 Å². The summed E-state index contributed by atoms with van der Waals surface area (Å²) in [6.07, 6.45) is 1.64. The van der Waals surface area contributed by atoms with Crippen LogP contribution in [0.15, 0.2) is 18.3 Å². The number of aromatic amines is 1. The second-order valence-corrected chi connectivity index (χ2v) is 8.52. The van der Waals surface area contributed by atoms with Crippen molar-refractivity contribution in [2.24, 2.45) is 0 Å². The number of aromatic nitrogens is 4. The van der Waals surface area contributed by atoms with E-state index in [4.69, 9.17) is 0 Å². The minimum absolute atomic E-state index is 0.0715. The Labute approximate surface area is 176 Å². The molecule has 10 heteroatoms. The van der Waals surface area contributed by atoms with Gasteiger partial charge in [-0.25, -0.2) is 13.2 Å². The smallest absolute Gasteiger partial charge is 0.270 e. The Morgan fingerprint density at radius 3 is 2.81 bits per heavy atom. The first kappa shape index (κ1) is 20.0. The second kappa shape index (κ2) is 7.37. The molecule has 2 N–H and O–H groups in total. The number of nitrogens with one attached hydrogen (secondary N) is 2. The zero-order valence-electron chi connectivity index (χ0n) is 17.1. The summed E-state index contributed by atoms with van der Waals surface area (Å²) >= 11 is 0. The Morgan fingerprint density at radius 1 is 1.26 bits per heavy atom. The number of fused-ring (bicyclic) bond motifs is 2. The van der Waals surface area contributed by atoms with Crippen molar-refractivity contribution >= 4 is 16.8 Å². The third kappa shape index (κ3) is 3.69. The number of nitrogens with zero attached hydrogens (tertiary/aromatic N) is 4. The highest BCUT2D eigenvalue weighted by Crippen LogP contribution is 2.34. The van der Waals surface area contributed by atoms with Gasteiger partial charge in [-0.2, -0.15) is 10.2 Å². The van der Waals surface area contributed by atoms with Crippen LogP contribution in [0.3, 0.4) is 0 Å². The molecule has 31 heavy (non-hydrogen) atoms. The van der Waals surface area contributed by atoms with Crippen LogP contribution in [-0.4, -0.2) is 56.3 Å². The molecule has 0 bridgehead atoms. The van der Waals surface area contributed by atoms with Gasteiger partial charge in [0.2, 0.25) is 5.92 Å². The molecule has 5 rings (SSSR count). The number of alkyl halides is 2. The van der Waals surface area contributed by atoms with Gasteiger partial charge in [-0.05, 0) is 37.6 Å². The summed E-state index contributed by atoms with van der Waals surface area (Å²) in [5.41, 5.74) is 2.63. The molecule has 1 aliphatic carbocycles. The van der Waals surface area contributed by atoms with Crippen LogP contribution < -0.4 is 5.32 Å². The molecule has 0 atom stereocenters. The van der Waals surface area contributed by atoms with E-state index in [0.29, 0.717) is 17.5 Å². The van der Waals surface area contributed by atoms with Crippen LogP contribution >= 0.6 is 0 Å². The fourth-order valence-electron chi connectivity index (χ4n) is 4.46. The predicted octanol–water partition coefficient (Wildman–Crippen LogP) is 3.32. The van der Waals surface area contributed by atoms with E-state index in [1.165, 1.54) is 6.07 Å². The molecule has 0 spiro atoms. The minimum atomic E-state index is -2.67. The number of halogens is 3. The van der Waals surface area contributed by atoms with Gasteiger partial charge in [-0.1, -0.05) is 0 Å². The number of hydrogen-bond acceptors (Lipinski definition) is 4. The molecule has 1 amide bonds. The van der Waals surface area contributed by atoms with Crippen LogP contribution in [0, 0.1) is 5.82 Å². The van der Waals surface area contributed by atoms with Gasteiger partial charge in [0.15, 0.2) is 5.82 Å². The fourth-order valence-corrected chi connectivity index (χ4v) is 4.46. The topological polar surface area (TPSA) is 78.8 Å². The van der Waals surface area contributed by atoms with E-state index in [2.05, 4.69) is 25.5 Å². The normalized spacial score (nSPS) is 19.5.